The van der Waals surface area contributed by atoms with Crippen LogP contribution in [0.4, 0.5) is 11.4 Å². The van der Waals surface area contributed by atoms with Crippen molar-refractivity contribution in [2.75, 3.05) is 25.0 Å². The molecule has 0 saturated heterocycles. The van der Waals surface area contributed by atoms with Crippen LogP contribution in [0.15, 0.2) is 18.2 Å². The molecular weight excluding hydrogens is 246 g/mol. The number of amides is 1. The fourth-order valence-electron chi connectivity index (χ4n) is 2.29. The summed E-state index contributed by atoms with van der Waals surface area (Å²) < 4.78 is 0. The third kappa shape index (κ3) is 2.90. The Morgan fingerprint density at radius 1 is 1.53 bits per heavy atom. The van der Waals surface area contributed by atoms with E-state index in [-0.39, 0.29) is 11.6 Å². The Morgan fingerprint density at radius 2 is 2.32 bits per heavy atom. The predicted molar refractivity (Wildman–Crippen MR) is 72.3 cm³/mol. The van der Waals surface area contributed by atoms with Crippen molar-refractivity contribution in [1.82, 2.24) is 5.32 Å². The van der Waals surface area contributed by atoms with Gasteiger partial charge in [-0.25, -0.2) is 0 Å². The van der Waals surface area contributed by atoms with Gasteiger partial charge in [-0.3, -0.25) is 14.9 Å². The Morgan fingerprint density at radius 3 is 3.00 bits per heavy atom. The second-order valence-corrected chi connectivity index (χ2v) is 4.57. The van der Waals surface area contributed by atoms with Gasteiger partial charge in [0.2, 0.25) is 5.91 Å². The largest absolute Gasteiger partial charge is 0.320 e. The number of non-ortho nitro benzene ring substituents is 1. The number of hydrogen-bond acceptors (Lipinski definition) is 4. The summed E-state index contributed by atoms with van der Waals surface area (Å²) >= 11 is 0. The van der Waals surface area contributed by atoms with Crippen molar-refractivity contribution in [3.05, 3.63) is 33.9 Å². The van der Waals surface area contributed by atoms with E-state index in [1.54, 1.807) is 11.0 Å². The van der Waals surface area contributed by atoms with Gasteiger partial charge in [-0.05, 0) is 32.0 Å². The molecular formula is C13H17N3O3. The first-order chi connectivity index (χ1) is 9.13. The number of carbonyl (C=O) groups is 1. The monoisotopic (exact) mass is 263 g/mol. The summed E-state index contributed by atoms with van der Waals surface area (Å²) in [6.45, 7) is 1.41. The topological polar surface area (TPSA) is 75.5 Å². The van der Waals surface area contributed by atoms with Gasteiger partial charge in [-0.1, -0.05) is 6.07 Å². The molecule has 1 aromatic carbocycles. The number of carbonyl (C=O) groups excluding carboxylic acids is 1. The van der Waals surface area contributed by atoms with E-state index < -0.39 is 4.92 Å². The van der Waals surface area contributed by atoms with Crippen molar-refractivity contribution in [3.63, 3.8) is 0 Å². The summed E-state index contributed by atoms with van der Waals surface area (Å²) in [4.78, 5) is 24.1. The number of nitrogens with zero attached hydrogens (tertiary/aromatic N) is 2. The standard InChI is InChI=1S/C13H17N3O3/c1-14-7-2-3-13(17)15-8-6-10-4-5-11(16(18)19)9-12(10)15/h4-5,9,14H,2-3,6-8H2,1H3. The minimum absolute atomic E-state index is 0.0358. The fraction of sp³-hybridized carbons (Fsp3) is 0.462. The summed E-state index contributed by atoms with van der Waals surface area (Å²) in [6, 6.07) is 4.74. The number of nitro groups is 1. The van der Waals surface area contributed by atoms with E-state index in [4.69, 9.17) is 0 Å². The Balaban J connectivity index is 2.13. The average molecular weight is 263 g/mol. The summed E-state index contributed by atoms with van der Waals surface area (Å²) in [7, 11) is 1.85. The summed E-state index contributed by atoms with van der Waals surface area (Å²) in [6.07, 6.45) is 2.00. The first kappa shape index (κ1) is 13.5. The van der Waals surface area contributed by atoms with Crippen molar-refractivity contribution in [2.24, 2.45) is 0 Å². The van der Waals surface area contributed by atoms with Crippen LogP contribution in [0.25, 0.3) is 0 Å². The summed E-state index contributed by atoms with van der Waals surface area (Å²) in [5.74, 6) is 0.0366. The Bertz CT molecular complexity index is 502. The van der Waals surface area contributed by atoms with E-state index in [2.05, 4.69) is 5.32 Å². The van der Waals surface area contributed by atoms with Crippen molar-refractivity contribution in [1.29, 1.82) is 0 Å². The first-order valence-electron chi connectivity index (χ1n) is 6.36. The summed E-state index contributed by atoms with van der Waals surface area (Å²) in [5, 5.41) is 13.8. The van der Waals surface area contributed by atoms with Crippen molar-refractivity contribution < 1.29 is 9.72 Å². The van der Waals surface area contributed by atoms with Crippen LogP contribution in [-0.2, 0) is 11.2 Å². The molecule has 1 aromatic rings. The lowest BCUT2D eigenvalue weighted by molar-refractivity contribution is -0.384. The van der Waals surface area contributed by atoms with Crippen molar-refractivity contribution in [3.8, 4) is 0 Å². The van der Waals surface area contributed by atoms with Gasteiger partial charge in [0.15, 0.2) is 0 Å². The van der Waals surface area contributed by atoms with Crippen LogP contribution in [0.3, 0.4) is 0 Å². The second kappa shape index (κ2) is 5.79. The van der Waals surface area contributed by atoms with Gasteiger partial charge in [0, 0.05) is 25.1 Å². The molecule has 1 aliphatic rings. The van der Waals surface area contributed by atoms with Crippen LogP contribution in [-0.4, -0.2) is 31.0 Å². The fourth-order valence-corrected chi connectivity index (χ4v) is 2.29. The van der Waals surface area contributed by atoms with Crippen molar-refractivity contribution in [2.45, 2.75) is 19.3 Å². The molecule has 0 spiro atoms. The zero-order valence-corrected chi connectivity index (χ0v) is 10.9. The molecule has 0 aliphatic carbocycles. The summed E-state index contributed by atoms with van der Waals surface area (Å²) in [5.41, 5.74) is 1.74. The van der Waals surface area contributed by atoms with E-state index in [1.165, 1.54) is 12.1 Å². The highest BCUT2D eigenvalue weighted by Gasteiger charge is 2.26. The van der Waals surface area contributed by atoms with Crippen LogP contribution in [0.5, 0.6) is 0 Å². The minimum Gasteiger partial charge on any atom is -0.320 e. The van der Waals surface area contributed by atoms with Gasteiger partial charge in [0.25, 0.3) is 5.69 Å². The van der Waals surface area contributed by atoms with Gasteiger partial charge in [0.1, 0.15) is 0 Å². The molecule has 0 atom stereocenters. The number of nitro benzene ring substituents is 1. The number of fused-ring (bicyclic) bond motifs is 1. The highest BCUT2D eigenvalue weighted by molar-refractivity contribution is 5.95. The molecule has 0 radical (unpaired) electrons. The molecule has 1 amide bonds. The molecule has 0 fully saturated rings. The lowest BCUT2D eigenvalue weighted by Crippen LogP contribution is -2.29. The van der Waals surface area contributed by atoms with Gasteiger partial charge in [-0.2, -0.15) is 0 Å². The highest BCUT2D eigenvalue weighted by atomic mass is 16.6. The lowest BCUT2D eigenvalue weighted by Gasteiger charge is -2.17. The second-order valence-electron chi connectivity index (χ2n) is 4.57. The minimum atomic E-state index is -0.428. The number of anilines is 1. The van der Waals surface area contributed by atoms with Gasteiger partial charge >= 0.3 is 0 Å². The van der Waals surface area contributed by atoms with E-state index >= 15 is 0 Å². The molecule has 2 rings (SSSR count). The molecule has 1 N–H and O–H groups in total. The average Bonchev–Trinajstić information content (AvgIpc) is 2.81. The molecule has 102 valence electrons. The zero-order valence-electron chi connectivity index (χ0n) is 10.9. The zero-order chi connectivity index (χ0) is 13.8. The molecule has 6 nitrogen and oxygen atoms in total. The molecule has 0 unspecified atom stereocenters. The van der Waals surface area contributed by atoms with E-state index in [9.17, 15) is 14.9 Å². The first-order valence-corrected chi connectivity index (χ1v) is 6.36. The van der Waals surface area contributed by atoms with E-state index in [0.29, 0.717) is 18.7 Å². The van der Waals surface area contributed by atoms with Gasteiger partial charge < -0.3 is 10.2 Å². The van der Waals surface area contributed by atoms with E-state index in [1.807, 2.05) is 7.05 Å². The van der Waals surface area contributed by atoms with Crippen molar-refractivity contribution >= 4 is 17.3 Å². The molecule has 1 aliphatic heterocycles. The molecule has 6 heteroatoms. The Labute approximate surface area is 111 Å². The Kier molecular flexibility index (Phi) is 4.11. The number of nitrogens with one attached hydrogen (secondary N) is 1. The maximum Gasteiger partial charge on any atom is 0.271 e. The molecule has 0 saturated carbocycles. The molecule has 0 aromatic heterocycles. The third-order valence-electron chi connectivity index (χ3n) is 3.29. The predicted octanol–water partition coefficient (Wildman–Crippen LogP) is 1.48. The van der Waals surface area contributed by atoms with Crippen LogP contribution in [0, 0.1) is 10.1 Å². The van der Waals surface area contributed by atoms with E-state index in [0.717, 1.165) is 24.9 Å². The van der Waals surface area contributed by atoms with Gasteiger partial charge in [-0.15, -0.1) is 0 Å². The van der Waals surface area contributed by atoms with Crippen LogP contribution in [0.2, 0.25) is 0 Å². The molecule has 1 heterocycles. The number of benzene rings is 1. The van der Waals surface area contributed by atoms with Crippen LogP contribution in [0.1, 0.15) is 18.4 Å². The quantitative estimate of drug-likeness (QED) is 0.496. The number of hydrogen-bond donors (Lipinski definition) is 1. The van der Waals surface area contributed by atoms with Crippen LogP contribution < -0.4 is 10.2 Å². The third-order valence-corrected chi connectivity index (χ3v) is 3.29. The smallest absolute Gasteiger partial charge is 0.271 e. The Hall–Kier alpha value is -1.95. The number of rotatable bonds is 5. The maximum atomic E-state index is 12.1. The van der Waals surface area contributed by atoms with Crippen LogP contribution >= 0.6 is 0 Å². The lowest BCUT2D eigenvalue weighted by atomic mass is 10.1. The maximum absolute atomic E-state index is 12.1. The highest BCUT2D eigenvalue weighted by Crippen LogP contribution is 2.32. The SMILES string of the molecule is CNCCCC(=O)N1CCc2ccc([N+](=O)[O-])cc21. The molecule has 0 bridgehead atoms. The normalized spacial score (nSPS) is 13.4. The molecule has 19 heavy (non-hydrogen) atoms. The van der Waals surface area contributed by atoms with Gasteiger partial charge in [0.05, 0.1) is 10.6 Å².